The van der Waals surface area contributed by atoms with Crippen molar-refractivity contribution < 1.29 is 13.9 Å². The number of carbonyl (C=O) groups excluding carboxylic acids is 1. The third-order valence-electron chi connectivity index (χ3n) is 2.61. The molecule has 0 aliphatic rings. The normalized spacial score (nSPS) is 12.6. The summed E-state index contributed by atoms with van der Waals surface area (Å²) in [4.78, 5) is 11.7. The van der Waals surface area contributed by atoms with Gasteiger partial charge in [-0.3, -0.25) is 0 Å². The van der Waals surface area contributed by atoms with Crippen molar-refractivity contribution in [2.45, 2.75) is 13.0 Å². The predicted octanol–water partition coefficient (Wildman–Crippen LogP) is 5.01. The molecule has 0 spiro atoms. The predicted molar refractivity (Wildman–Crippen MR) is 81.4 cm³/mol. The molecule has 2 aromatic rings. The van der Waals surface area contributed by atoms with E-state index in [9.17, 15) is 4.79 Å². The Labute approximate surface area is 130 Å². The SMILES string of the molecule is C[C@H](OC(=O)/C=C/c1ccc(Br)o1)c1ccccc1Cl. The van der Waals surface area contributed by atoms with Crippen LogP contribution in [0.1, 0.15) is 24.4 Å². The number of carbonyl (C=O) groups is 1. The summed E-state index contributed by atoms with van der Waals surface area (Å²) in [6.45, 7) is 1.77. The summed E-state index contributed by atoms with van der Waals surface area (Å²) >= 11 is 9.24. The first-order chi connectivity index (χ1) is 9.56. The van der Waals surface area contributed by atoms with E-state index in [1.165, 1.54) is 6.08 Å². The van der Waals surface area contributed by atoms with Crippen molar-refractivity contribution in [2.75, 3.05) is 0 Å². The molecule has 1 heterocycles. The van der Waals surface area contributed by atoms with Crippen LogP contribution in [0.5, 0.6) is 0 Å². The molecule has 0 saturated heterocycles. The van der Waals surface area contributed by atoms with Crippen LogP contribution in [0.25, 0.3) is 6.08 Å². The number of hydrogen-bond acceptors (Lipinski definition) is 3. The van der Waals surface area contributed by atoms with Gasteiger partial charge in [0.05, 0.1) is 0 Å². The first-order valence-electron chi connectivity index (χ1n) is 5.94. The summed E-state index contributed by atoms with van der Waals surface area (Å²) < 4.78 is 11.1. The lowest BCUT2D eigenvalue weighted by atomic mass is 10.1. The van der Waals surface area contributed by atoms with Crippen molar-refractivity contribution >= 4 is 39.6 Å². The molecule has 0 aliphatic heterocycles. The minimum Gasteiger partial charge on any atom is -0.455 e. The zero-order valence-corrected chi connectivity index (χ0v) is 13.0. The van der Waals surface area contributed by atoms with E-state index in [2.05, 4.69) is 15.9 Å². The topological polar surface area (TPSA) is 39.4 Å². The average Bonchev–Trinajstić information content (AvgIpc) is 2.82. The van der Waals surface area contributed by atoms with Crippen molar-refractivity contribution in [3.05, 3.63) is 63.5 Å². The van der Waals surface area contributed by atoms with E-state index in [4.69, 9.17) is 20.8 Å². The highest BCUT2D eigenvalue weighted by Gasteiger charge is 2.12. The molecule has 0 N–H and O–H groups in total. The van der Waals surface area contributed by atoms with E-state index in [1.54, 1.807) is 31.2 Å². The fraction of sp³-hybridized carbons (Fsp3) is 0.133. The first-order valence-corrected chi connectivity index (χ1v) is 7.12. The Balaban J connectivity index is 1.98. The summed E-state index contributed by atoms with van der Waals surface area (Å²) in [5, 5.41) is 0.576. The highest BCUT2D eigenvalue weighted by Crippen LogP contribution is 2.25. The molecule has 1 atom stereocenters. The van der Waals surface area contributed by atoms with Gasteiger partial charge >= 0.3 is 5.97 Å². The molecule has 1 aromatic carbocycles. The van der Waals surface area contributed by atoms with E-state index >= 15 is 0 Å². The van der Waals surface area contributed by atoms with E-state index in [-0.39, 0.29) is 0 Å². The van der Waals surface area contributed by atoms with E-state index in [0.717, 1.165) is 5.56 Å². The van der Waals surface area contributed by atoms with Gasteiger partial charge in [-0.15, -0.1) is 0 Å². The van der Waals surface area contributed by atoms with Gasteiger partial charge in [-0.2, -0.15) is 0 Å². The van der Waals surface area contributed by atoms with Crippen LogP contribution in [0.4, 0.5) is 0 Å². The molecule has 5 heteroatoms. The lowest BCUT2D eigenvalue weighted by Gasteiger charge is -2.13. The Morgan fingerprint density at radius 3 is 2.75 bits per heavy atom. The first kappa shape index (κ1) is 14.9. The zero-order chi connectivity index (χ0) is 14.5. The van der Waals surface area contributed by atoms with Crippen molar-refractivity contribution in [2.24, 2.45) is 0 Å². The lowest BCUT2D eigenvalue weighted by molar-refractivity contribution is -0.142. The summed E-state index contributed by atoms with van der Waals surface area (Å²) in [5.41, 5.74) is 0.775. The van der Waals surface area contributed by atoms with Crippen LogP contribution in [0.15, 0.2) is 51.6 Å². The molecular formula is C15H12BrClO3. The third kappa shape index (κ3) is 3.99. The van der Waals surface area contributed by atoms with Crippen LogP contribution in [-0.2, 0) is 9.53 Å². The number of benzene rings is 1. The van der Waals surface area contributed by atoms with Gasteiger partial charge in [-0.1, -0.05) is 29.8 Å². The van der Waals surface area contributed by atoms with Crippen LogP contribution in [0.3, 0.4) is 0 Å². The number of esters is 1. The fourth-order valence-electron chi connectivity index (χ4n) is 1.65. The number of furan rings is 1. The molecule has 2 rings (SSSR count). The van der Waals surface area contributed by atoms with Crippen molar-refractivity contribution in [1.82, 2.24) is 0 Å². The van der Waals surface area contributed by atoms with Crippen molar-refractivity contribution in [1.29, 1.82) is 0 Å². The molecular weight excluding hydrogens is 344 g/mol. The van der Waals surface area contributed by atoms with Gasteiger partial charge < -0.3 is 9.15 Å². The summed E-state index contributed by atoms with van der Waals surface area (Å²) in [5.74, 6) is 0.115. The maximum absolute atomic E-state index is 11.7. The summed E-state index contributed by atoms with van der Waals surface area (Å²) in [7, 11) is 0. The number of hydrogen-bond donors (Lipinski definition) is 0. The number of rotatable bonds is 4. The van der Waals surface area contributed by atoms with Gasteiger partial charge in [0.2, 0.25) is 0 Å². The molecule has 1 aromatic heterocycles. The van der Waals surface area contributed by atoms with Crippen molar-refractivity contribution in [3.63, 3.8) is 0 Å². The number of halogens is 2. The maximum Gasteiger partial charge on any atom is 0.331 e. The van der Waals surface area contributed by atoms with Gasteiger partial charge in [0.25, 0.3) is 0 Å². The van der Waals surface area contributed by atoms with E-state index < -0.39 is 12.1 Å². The molecule has 104 valence electrons. The highest BCUT2D eigenvalue weighted by molar-refractivity contribution is 9.10. The van der Waals surface area contributed by atoms with Gasteiger partial charge in [0, 0.05) is 16.7 Å². The molecule has 0 unspecified atom stereocenters. The molecule has 0 aliphatic carbocycles. The molecule has 0 bridgehead atoms. The van der Waals surface area contributed by atoms with Crippen LogP contribution in [0.2, 0.25) is 5.02 Å². The second-order valence-electron chi connectivity index (χ2n) is 4.08. The third-order valence-corrected chi connectivity index (χ3v) is 3.38. The lowest BCUT2D eigenvalue weighted by Crippen LogP contribution is -2.06. The largest absolute Gasteiger partial charge is 0.455 e. The second kappa shape index (κ2) is 6.77. The standard InChI is InChI=1S/C15H12BrClO3/c1-10(12-4-2-3-5-13(12)17)19-15(18)9-7-11-6-8-14(16)20-11/h2-10H,1H3/b9-7+/t10-/m0/s1. The van der Waals surface area contributed by atoms with E-state index in [0.29, 0.717) is 15.5 Å². The summed E-state index contributed by atoms with van der Waals surface area (Å²) in [6, 6.07) is 10.8. The Morgan fingerprint density at radius 2 is 2.10 bits per heavy atom. The Kier molecular flexibility index (Phi) is 5.04. The van der Waals surface area contributed by atoms with Crippen LogP contribution >= 0.6 is 27.5 Å². The molecule has 20 heavy (non-hydrogen) atoms. The second-order valence-corrected chi connectivity index (χ2v) is 5.26. The average molecular weight is 356 g/mol. The highest BCUT2D eigenvalue weighted by atomic mass is 79.9. The molecule has 0 fully saturated rings. The fourth-order valence-corrected chi connectivity index (χ4v) is 2.26. The maximum atomic E-state index is 11.7. The minimum atomic E-state index is -0.454. The van der Waals surface area contributed by atoms with Gasteiger partial charge in [-0.05, 0) is 47.1 Å². The quantitative estimate of drug-likeness (QED) is 0.571. The monoisotopic (exact) mass is 354 g/mol. The molecule has 0 saturated carbocycles. The van der Waals surface area contributed by atoms with Crippen LogP contribution in [-0.4, -0.2) is 5.97 Å². The number of ether oxygens (including phenoxy) is 1. The van der Waals surface area contributed by atoms with Gasteiger partial charge in [-0.25, -0.2) is 4.79 Å². The molecule has 0 radical (unpaired) electrons. The Morgan fingerprint density at radius 1 is 1.35 bits per heavy atom. The minimum absolute atomic E-state index is 0.413. The van der Waals surface area contributed by atoms with Crippen LogP contribution < -0.4 is 0 Å². The van der Waals surface area contributed by atoms with E-state index in [1.807, 2.05) is 18.2 Å². The molecule has 3 nitrogen and oxygen atoms in total. The molecule has 0 amide bonds. The summed E-state index contributed by atoms with van der Waals surface area (Å²) in [6.07, 6.45) is 2.45. The van der Waals surface area contributed by atoms with Crippen LogP contribution in [0, 0.1) is 0 Å². The smallest absolute Gasteiger partial charge is 0.331 e. The van der Waals surface area contributed by atoms with Gasteiger partial charge in [0.15, 0.2) is 4.67 Å². The van der Waals surface area contributed by atoms with Gasteiger partial charge in [0.1, 0.15) is 11.9 Å². The Bertz CT molecular complexity index is 634. The Hall–Kier alpha value is -1.52. The zero-order valence-electron chi connectivity index (χ0n) is 10.7. The van der Waals surface area contributed by atoms with Crippen molar-refractivity contribution in [3.8, 4) is 0 Å².